The lowest BCUT2D eigenvalue weighted by Gasteiger charge is -2.55. The van der Waals surface area contributed by atoms with Gasteiger partial charge in [-0.3, -0.25) is 24.1 Å². The molecule has 0 bridgehead atoms. The molecule has 8 rings (SSSR count). The minimum atomic E-state index is -1.57. The molecule has 0 radical (unpaired) electrons. The van der Waals surface area contributed by atoms with Gasteiger partial charge < -0.3 is 19.7 Å². The molecule has 53 heavy (non-hydrogen) atoms. The molecule has 0 spiro atoms. The van der Waals surface area contributed by atoms with Gasteiger partial charge in [0.1, 0.15) is 17.2 Å². The number of aromatic hydroxyl groups is 1. The number of hydrogen-bond donors (Lipinski definition) is 2. The fraction of sp³-hybridized carbons (Fsp3) is 0.233. The first-order chi connectivity index (χ1) is 25.6. The van der Waals surface area contributed by atoms with E-state index in [2.05, 4.69) is 0 Å². The van der Waals surface area contributed by atoms with Crippen molar-refractivity contribution in [2.45, 2.75) is 24.2 Å². The second-order valence-electron chi connectivity index (χ2n) is 13.9. The van der Waals surface area contributed by atoms with E-state index < -0.39 is 52.8 Å². The fourth-order valence-corrected chi connectivity index (χ4v) is 9.36. The number of hydrogen-bond acceptors (Lipinski definition) is 8. The maximum Gasteiger partial charge on any atom is 0.335 e. The Hall–Kier alpha value is -6.29. The highest BCUT2D eigenvalue weighted by Crippen LogP contribution is 2.65. The van der Waals surface area contributed by atoms with E-state index in [1.54, 1.807) is 30.3 Å². The molecule has 266 valence electrons. The van der Waals surface area contributed by atoms with Crippen LogP contribution in [-0.2, 0) is 24.6 Å². The first-order valence-corrected chi connectivity index (χ1v) is 17.4. The number of carboxylic acid groups (broad SMARTS) is 1. The number of ether oxygens (including phenoxy) is 2. The number of benzene rings is 4. The van der Waals surface area contributed by atoms with E-state index in [-0.39, 0.29) is 58.3 Å². The third-order valence-electron chi connectivity index (χ3n) is 11.6. The number of carbonyl (C=O) groups is 5. The molecular formula is C43H35NO9. The van der Waals surface area contributed by atoms with Crippen LogP contribution in [0.5, 0.6) is 17.2 Å². The van der Waals surface area contributed by atoms with E-state index >= 15 is 9.59 Å². The van der Waals surface area contributed by atoms with Gasteiger partial charge in [-0.1, -0.05) is 72.3 Å². The number of allylic oxidation sites excluding steroid dienone is 4. The van der Waals surface area contributed by atoms with Gasteiger partial charge in [0.2, 0.25) is 11.8 Å². The monoisotopic (exact) mass is 709 g/mol. The van der Waals surface area contributed by atoms with Crippen molar-refractivity contribution in [3.63, 3.8) is 0 Å². The molecule has 1 heterocycles. The summed E-state index contributed by atoms with van der Waals surface area (Å²) >= 11 is 0. The molecule has 6 atom stereocenters. The third-order valence-corrected chi connectivity index (χ3v) is 11.6. The number of aromatic carboxylic acids is 1. The summed E-state index contributed by atoms with van der Waals surface area (Å²) in [5.74, 6) is -6.64. The minimum Gasteiger partial charge on any atom is -0.507 e. The zero-order valence-electron chi connectivity index (χ0n) is 28.9. The molecule has 4 aromatic rings. The Labute approximate surface area is 305 Å². The van der Waals surface area contributed by atoms with Crippen molar-refractivity contribution in [2.24, 2.45) is 23.7 Å². The average Bonchev–Trinajstić information content (AvgIpc) is 3.44. The summed E-state index contributed by atoms with van der Waals surface area (Å²) in [6.07, 6.45) is 3.57. The number of phenols is 1. The highest BCUT2D eigenvalue weighted by molar-refractivity contribution is 6.32. The lowest BCUT2D eigenvalue weighted by Crippen LogP contribution is -2.58. The van der Waals surface area contributed by atoms with Crippen LogP contribution in [0, 0.1) is 23.7 Å². The Morgan fingerprint density at radius 3 is 2.15 bits per heavy atom. The van der Waals surface area contributed by atoms with Gasteiger partial charge in [-0.05, 0) is 60.2 Å². The summed E-state index contributed by atoms with van der Waals surface area (Å²) in [7, 11) is 2.91. The number of amides is 2. The number of ketones is 2. The predicted octanol–water partition coefficient (Wildman–Crippen LogP) is 6.14. The smallest absolute Gasteiger partial charge is 0.335 e. The molecule has 1 aliphatic heterocycles. The quantitative estimate of drug-likeness (QED) is 0.171. The Bertz CT molecular complexity index is 2260. The number of anilines is 1. The number of imide groups is 1. The number of Topliss-reactive ketones (excluding diaryl/α,β-unsaturated/α-hetero) is 1. The second kappa shape index (κ2) is 12.7. The minimum absolute atomic E-state index is 0.0117. The Morgan fingerprint density at radius 1 is 0.830 bits per heavy atom. The van der Waals surface area contributed by atoms with E-state index in [0.29, 0.717) is 22.4 Å². The molecule has 3 aliphatic carbocycles. The van der Waals surface area contributed by atoms with Crippen molar-refractivity contribution in [1.82, 2.24) is 0 Å². The Morgan fingerprint density at radius 2 is 1.51 bits per heavy atom. The van der Waals surface area contributed by atoms with Crippen LogP contribution in [-0.4, -0.2) is 53.8 Å². The molecule has 1 saturated carbocycles. The van der Waals surface area contributed by atoms with E-state index in [9.17, 15) is 24.6 Å². The van der Waals surface area contributed by atoms with Crippen molar-refractivity contribution in [2.75, 3.05) is 19.1 Å². The van der Waals surface area contributed by atoms with Crippen LogP contribution in [0.1, 0.15) is 45.8 Å². The molecule has 10 heteroatoms. The highest BCUT2D eigenvalue weighted by Gasteiger charge is 2.66. The number of methoxy groups -OCH3 is 2. The first kappa shape index (κ1) is 33.8. The van der Waals surface area contributed by atoms with Crippen LogP contribution in [0.2, 0.25) is 0 Å². The molecular weight excluding hydrogens is 674 g/mol. The third kappa shape index (κ3) is 4.96. The fourth-order valence-electron chi connectivity index (χ4n) is 9.36. The summed E-state index contributed by atoms with van der Waals surface area (Å²) in [6, 6.07) is 26.7. The van der Waals surface area contributed by atoms with Crippen LogP contribution in [0.15, 0.2) is 115 Å². The molecule has 0 unspecified atom stereocenters. The molecule has 4 aromatic carbocycles. The maximum atomic E-state index is 15.3. The first-order valence-electron chi connectivity index (χ1n) is 17.4. The van der Waals surface area contributed by atoms with Gasteiger partial charge in [-0.2, -0.15) is 0 Å². The van der Waals surface area contributed by atoms with E-state index in [4.69, 9.17) is 9.47 Å². The zero-order chi connectivity index (χ0) is 37.2. The van der Waals surface area contributed by atoms with E-state index in [1.165, 1.54) is 50.6 Å². The predicted molar refractivity (Wildman–Crippen MR) is 194 cm³/mol. The van der Waals surface area contributed by atoms with Gasteiger partial charge in [0.05, 0.1) is 42.7 Å². The van der Waals surface area contributed by atoms with E-state index in [1.807, 2.05) is 42.5 Å². The SMILES string of the molecule is COc1cc(O)c([C@H]2C3=CC[C@@H]4C(=O)N(c5ccc(C(=O)O)cc5)C(=O)[C@@H]4[C@@H]3C[C@H]3C(=O)C(c4ccccc4)=CC(=O)[C@@]23c2ccccc2)c(OC)c1. The lowest BCUT2D eigenvalue weighted by molar-refractivity contribution is -0.135. The summed E-state index contributed by atoms with van der Waals surface area (Å²) in [5.41, 5.74) is 1.04. The zero-order valence-corrected chi connectivity index (χ0v) is 28.9. The molecule has 2 N–H and O–H groups in total. The molecule has 2 amide bonds. The Kier molecular flexibility index (Phi) is 8.13. The van der Waals surface area contributed by atoms with E-state index in [0.717, 1.165) is 4.90 Å². The number of carbonyl (C=O) groups excluding carboxylic acids is 4. The molecule has 0 aromatic heterocycles. The van der Waals surface area contributed by atoms with Gasteiger partial charge in [0, 0.05) is 35.1 Å². The number of rotatable bonds is 7. The van der Waals surface area contributed by atoms with Gasteiger partial charge in [0.15, 0.2) is 11.6 Å². The summed E-state index contributed by atoms with van der Waals surface area (Å²) in [5, 5.41) is 21.3. The van der Waals surface area contributed by atoms with Crippen LogP contribution < -0.4 is 14.4 Å². The maximum absolute atomic E-state index is 15.3. The Balaban J connectivity index is 1.37. The van der Waals surface area contributed by atoms with Crippen molar-refractivity contribution >= 4 is 40.6 Å². The van der Waals surface area contributed by atoms with Gasteiger partial charge >= 0.3 is 5.97 Å². The number of phenolic OH excluding ortho intramolecular Hbond substituents is 1. The second-order valence-corrected chi connectivity index (χ2v) is 13.9. The van der Waals surface area contributed by atoms with Crippen LogP contribution >= 0.6 is 0 Å². The summed E-state index contributed by atoms with van der Waals surface area (Å²) in [6.45, 7) is 0. The normalized spacial score (nSPS) is 26.2. The van der Waals surface area contributed by atoms with Gasteiger partial charge in [-0.15, -0.1) is 0 Å². The number of nitrogens with zero attached hydrogens (tertiary/aromatic N) is 1. The highest BCUT2D eigenvalue weighted by atomic mass is 16.5. The molecule has 1 saturated heterocycles. The average molecular weight is 710 g/mol. The van der Waals surface area contributed by atoms with Gasteiger partial charge in [-0.25, -0.2) is 4.79 Å². The molecule has 4 aliphatic rings. The number of fused-ring (bicyclic) bond motifs is 4. The molecule has 2 fully saturated rings. The van der Waals surface area contributed by atoms with Crippen molar-refractivity contribution in [3.8, 4) is 17.2 Å². The number of carboxylic acids is 1. The summed E-state index contributed by atoms with van der Waals surface area (Å²) < 4.78 is 11.3. The lowest BCUT2D eigenvalue weighted by atomic mass is 9.44. The van der Waals surface area contributed by atoms with Crippen molar-refractivity contribution < 1.29 is 43.7 Å². The van der Waals surface area contributed by atoms with Crippen molar-refractivity contribution in [1.29, 1.82) is 0 Å². The largest absolute Gasteiger partial charge is 0.507 e. The van der Waals surface area contributed by atoms with Crippen LogP contribution in [0.4, 0.5) is 5.69 Å². The standard InChI is InChI=1S/C43H35NO9/c1-52-27-19-33(45)37(34(20-27)53-2)38-28-17-18-29-36(41(49)44(40(29)48)26-15-13-24(14-16-26)42(50)51)31(28)21-32-39(47)30(23-9-5-3-6-10-23)22-35(46)43(32,38)25-11-7-4-8-12-25/h3-17,19-20,22,29,31-32,36,38,45H,18,21H2,1-2H3,(H,50,51)/t29-,31+,32-,36-,38+,43-/m0/s1. The van der Waals surface area contributed by atoms with Crippen LogP contribution in [0.25, 0.3) is 5.57 Å². The summed E-state index contributed by atoms with van der Waals surface area (Å²) in [4.78, 5) is 71.7. The van der Waals surface area contributed by atoms with Crippen molar-refractivity contribution in [3.05, 3.63) is 137 Å². The van der Waals surface area contributed by atoms with Crippen LogP contribution in [0.3, 0.4) is 0 Å². The molecule has 10 nitrogen and oxygen atoms in total. The topological polar surface area (TPSA) is 148 Å². The van der Waals surface area contributed by atoms with Gasteiger partial charge in [0.25, 0.3) is 0 Å².